The third kappa shape index (κ3) is 3.39. The van der Waals surface area contributed by atoms with Gasteiger partial charge in [-0.1, -0.05) is 29.8 Å². The minimum atomic E-state index is -0.650. The van der Waals surface area contributed by atoms with E-state index in [0.717, 1.165) is 0 Å². The summed E-state index contributed by atoms with van der Waals surface area (Å²) in [6.07, 6.45) is -0.650. The minimum Gasteiger partial charge on any atom is -0.493 e. The van der Waals surface area contributed by atoms with Gasteiger partial charge in [0, 0.05) is 0 Å². The molecule has 2 amide bonds. The van der Waals surface area contributed by atoms with Crippen LogP contribution < -0.4 is 19.7 Å². The zero-order chi connectivity index (χ0) is 18.0. The van der Waals surface area contributed by atoms with E-state index in [-0.39, 0.29) is 18.4 Å². The zero-order valence-corrected chi connectivity index (χ0v) is 14.5. The van der Waals surface area contributed by atoms with E-state index >= 15 is 0 Å². The van der Waals surface area contributed by atoms with E-state index in [9.17, 15) is 9.59 Å². The molecule has 0 spiro atoms. The van der Waals surface area contributed by atoms with Crippen molar-refractivity contribution in [1.82, 2.24) is 0 Å². The summed E-state index contributed by atoms with van der Waals surface area (Å²) >= 11 is 6.06. The lowest BCUT2D eigenvalue weighted by Gasteiger charge is -2.32. The molecule has 2 aromatic rings. The van der Waals surface area contributed by atoms with Gasteiger partial charge in [-0.25, -0.2) is 0 Å². The molecule has 130 valence electrons. The number of halogens is 1. The van der Waals surface area contributed by atoms with Crippen molar-refractivity contribution in [3.63, 3.8) is 0 Å². The molecular weight excluding hydrogens is 344 g/mol. The van der Waals surface area contributed by atoms with Crippen LogP contribution in [-0.2, 0) is 9.59 Å². The first-order chi connectivity index (χ1) is 12.0. The van der Waals surface area contributed by atoms with Gasteiger partial charge in [-0.05, 0) is 31.2 Å². The monoisotopic (exact) mass is 360 g/mol. The number of ether oxygens (including phenoxy) is 2. The molecule has 0 bridgehead atoms. The molecule has 3 rings (SSSR count). The van der Waals surface area contributed by atoms with Gasteiger partial charge in [0.05, 0.1) is 23.5 Å². The van der Waals surface area contributed by atoms with Gasteiger partial charge in [-0.2, -0.15) is 0 Å². The summed E-state index contributed by atoms with van der Waals surface area (Å²) in [6, 6.07) is 12.2. The summed E-state index contributed by atoms with van der Waals surface area (Å²) in [4.78, 5) is 26.3. The Morgan fingerprint density at radius 1 is 1.28 bits per heavy atom. The Kier molecular flexibility index (Phi) is 4.81. The number of hydrogen-bond donors (Lipinski definition) is 1. The van der Waals surface area contributed by atoms with Crippen LogP contribution in [0, 0.1) is 0 Å². The van der Waals surface area contributed by atoms with Gasteiger partial charge >= 0.3 is 0 Å². The van der Waals surface area contributed by atoms with Crippen LogP contribution in [0.5, 0.6) is 11.5 Å². The van der Waals surface area contributed by atoms with Crippen molar-refractivity contribution in [2.24, 2.45) is 0 Å². The number of nitrogens with one attached hydrogen (secondary N) is 1. The van der Waals surface area contributed by atoms with Crippen LogP contribution in [0.4, 0.5) is 11.4 Å². The molecule has 0 aliphatic carbocycles. The van der Waals surface area contributed by atoms with E-state index in [1.165, 1.54) is 12.0 Å². The fourth-order valence-corrected chi connectivity index (χ4v) is 2.92. The van der Waals surface area contributed by atoms with Gasteiger partial charge < -0.3 is 14.8 Å². The van der Waals surface area contributed by atoms with E-state index in [1.807, 2.05) is 6.07 Å². The number of anilines is 2. The summed E-state index contributed by atoms with van der Waals surface area (Å²) in [5, 5.41) is 3.12. The highest BCUT2D eigenvalue weighted by Gasteiger charge is 2.32. The van der Waals surface area contributed by atoms with Crippen LogP contribution in [0.2, 0.25) is 5.02 Å². The Labute approximate surface area is 150 Å². The quantitative estimate of drug-likeness (QED) is 0.909. The molecule has 25 heavy (non-hydrogen) atoms. The maximum Gasteiger partial charge on any atom is 0.268 e. The number of carbonyl (C=O) groups is 2. The van der Waals surface area contributed by atoms with Crippen LogP contribution in [-0.4, -0.2) is 31.6 Å². The van der Waals surface area contributed by atoms with Crippen molar-refractivity contribution in [2.75, 3.05) is 23.9 Å². The number of amides is 2. The van der Waals surface area contributed by atoms with Gasteiger partial charge in [-0.15, -0.1) is 0 Å². The summed E-state index contributed by atoms with van der Waals surface area (Å²) in [5.41, 5.74) is 1.01. The van der Waals surface area contributed by atoms with Crippen LogP contribution in [0.25, 0.3) is 0 Å². The first-order valence-corrected chi connectivity index (χ1v) is 8.08. The first kappa shape index (κ1) is 17.1. The lowest BCUT2D eigenvalue weighted by molar-refractivity contribution is -0.127. The number of carbonyl (C=O) groups excluding carboxylic acids is 2. The topological polar surface area (TPSA) is 67.9 Å². The smallest absolute Gasteiger partial charge is 0.268 e. The lowest BCUT2D eigenvalue weighted by atomic mass is 10.2. The van der Waals surface area contributed by atoms with Gasteiger partial charge in [0.1, 0.15) is 12.3 Å². The molecule has 7 heteroatoms. The highest BCUT2D eigenvalue weighted by atomic mass is 35.5. The van der Waals surface area contributed by atoms with Crippen molar-refractivity contribution in [3.8, 4) is 11.5 Å². The van der Waals surface area contributed by atoms with Crippen molar-refractivity contribution >= 4 is 34.8 Å². The predicted octanol–water partition coefficient (Wildman–Crippen LogP) is 3.10. The van der Waals surface area contributed by atoms with Crippen molar-refractivity contribution in [2.45, 2.75) is 13.0 Å². The average molecular weight is 361 g/mol. The van der Waals surface area contributed by atoms with Gasteiger partial charge in [0.15, 0.2) is 11.9 Å². The maximum atomic E-state index is 12.5. The van der Waals surface area contributed by atoms with E-state index < -0.39 is 6.10 Å². The molecule has 1 aliphatic heterocycles. The predicted molar refractivity (Wildman–Crippen MR) is 95.5 cm³/mol. The standard InChI is InChI=1S/C18H17ClN2O4/c1-11-18(23)21(14-8-3-4-9-15(14)25-11)10-16(22)20-13-7-5-6-12(19)17(13)24-2/h3-9,11H,10H2,1-2H3,(H,20,22). The van der Waals surface area contributed by atoms with Crippen LogP contribution in [0.1, 0.15) is 6.92 Å². The third-order valence-corrected chi connectivity index (χ3v) is 4.12. The molecule has 1 N–H and O–H groups in total. The average Bonchev–Trinajstić information content (AvgIpc) is 2.59. The van der Waals surface area contributed by atoms with Gasteiger partial charge in [0.2, 0.25) is 5.91 Å². The van der Waals surface area contributed by atoms with Crippen LogP contribution >= 0.6 is 11.6 Å². The SMILES string of the molecule is COc1c(Cl)cccc1NC(=O)CN1C(=O)C(C)Oc2ccccc21. The molecule has 0 saturated carbocycles. The number of fused-ring (bicyclic) bond motifs is 1. The largest absolute Gasteiger partial charge is 0.493 e. The van der Waals surface area contributed by atoms with Crippen molar-refractivity contribution < 1.29 is 19.1 Å². The van der Waals surface area contributed by atoms with E-state index in [2.05, 4.69) is 5.32 Å². The lowest BCUT2D eigenvalue weighted by Crippen LogP contribution is -2.47. The van der Waals surface area contributed by atoms with Gasteiger partial charge in [0.25, 0.3) is 5.91 Å². The minimum absolute atomic E-state index is 0.140. The van der Waals surface area contributed by atoms with Crippen molar-refractivity contribution in [1.29, 1.82) is 0 Å². The molecule has 0 radical (unpaired) electrons. The fraction of sp³-hybridized carbons (Fsp3) is 0.222. The van der Waals surface area contributed by atoms with Crippen molar-refractivity contribution in [3.05, 3.63) is 47.5 Å². The van der Waals surface area contributed by atoms with E-state index in [1.54, 1.807) is 43.3 Å². The number of para-hydroxylation sites is 3. The highest BCUT2D eigenvalue weighted by Crippen LogP contribution is 2.34. The van der Waals surface area contributed by atoms with Crippen LogP contribution in [0.3, 0.4) is 0 Å². The number of rotatable bonds is 4. The van der Waals surface area contributed by atoms with E-state index in [4.69, 9.17) is 21.1 Å². The Hall–Kier alpha value is -2.73. The molecule has 2 aromatic carbocycles. The van der Waals surface area contributed by atoms with Gasteiger partial charge in [-0.3, -0.25) is 14.5 Å². The molecule has 0 aromatic heterocycles. The molecule has 1 atom stereocenters. The number of benzene rings is 2. The van der Waals surface area contributed by atoms with E-state index in [0.29, 0.717) is 27.9 Å². The highest BCUT2D eigenvalue weighted by molar-refractivity contribution is 6.32. The second-order valence-corrected chi connectivity index (χ2v) is 5.93. The Morgan fingerprint density at radius 2 is 2.04 bits per heavy atom. The Bertz CT molecular complexity index is 824. The summed E-state index contributed by atoms with van der Waals surface area (Å²) in [6.45, 7) is 1.52. The number of methoxy groups -OCH3 is 1. The summed E-state index contributed by atoms with van der Waals surface area (Å²) in [7, 11) is 1.47. The molecule has 1 aliphatic rings. The molecule has 0 fully saturated rings. The summed E-state index contributed by atoms with van der Waals surface area (Å²) < 4.78 is 10.8. The molecular formula is C18H17ClN2O4. The summed E-state index contributed by atoms with van der Waals surface area (Å²) in [5.74, 6) is 0.312. The number of nitrogens with zero attached hydrogens (tertiary/aromatic N) is 1. The molecule has 1 unspecified atom stereocenters. The first-order valence-electron chi connectivity index (χ1n) is 7.70. The fourth-order valence-electron chi connectivity index (χ4n) is 2.67. The second kappa shape index (κ2) is 7.03. The molecule has 1 heterocycles. The molecule has 0 saturated heterocycles. The third-order valence-electron chi connectivity index (χ3n) is 3.82. The number of hydrogen-bond acceptors (Lipinski definition) is 4. The Balaban J connectivity index is 1.81. The second-order valence-electron chi connectivity index (χ2n) is 5.52. The maximum absolute atomic E-state index is 12.5. The zero-order valence-electron chi connectivity index (χ0n) is 13.8. The normalized spacial score (nSPS) is 16.0. The van der Waals surface area contributed by atoms with Crippen LogP contribution in [0.15, 0.2) is 42.5 Å². The Morgan fingerprint density at radius 3 is 2.80 bits per heavy atom. The molecule has 6 nitrogen and oxygen atoms in total.